The topological polar surface area (TPSA) is 50.9 Å². The lowest BCUT2D eigenvalue weighted by atomic mass is 9.96. The van der Waals surface area contributed by atoms with Gasteiger partial charge in [0.1, 0.15) is 5.82 Å². The Balaban J connectivity index is 2.30. The van der Waals surface area contributed by atoms with Gasteiger partial charge in [0, 0.05) is 17.8 Å². The molecule has 2 unspecified atom stereocenters. The molecular weight excluding hydrogens is 210 g/mol. The fourth-order valence-electron chi connectivity index (χ4n) is 2.62. The minimum Gasteiger partial charge on any atom is -0.383 e. The Morgan fingerprint density at radius 2 is 2.24 bits per heavy atom. The zero-order chi connectivity index (χ0) is 12.6. The normalized spacial score (nSPS) is 23.4. The van der Waals surface area contributed by atoms with Crippen LogP contribution in [0.15, 0.2) is 12.3 Å². The highest BCUT2D eigenvalue weighted by atomic mass is 15.0. The highest BCUT2D eigenvalue weighted by Crippen LogP contribution is 2.58. The first-order chi connectivity index (χ1) is 7.95. The minimum atomic E-state index is 0.349. The Kier molecular flexibility index (Phi) is 3.13. The highest BCUT2D eigenvalue weighted by molar-refractivity contribution is 5.44. The van der Waals surface area contributed by atoms with Crippen molar-refractivity contribution in [2.75, 3.05) is 12.3 Å². The fourth-order valence-corrected chi connectivity index (χ4v) is 2.62. The second-order valence-electron chi connectivity index (χ2n) is 5.82. The molecule has 1 aromatic heterocycles. The van der Waals surface area contributed by atoms with Gasteiger partial charge in [-0.05, 0) is 42.9 Å². The molecular formula is C14H23N3. The van der Waals surface area contributed by atoms with Crippen molar-refractivity contribution in [2.45, 2.75) is 40.2 Å². The molecule has 2 rings (SSSR count). The summed E-state index contributed by atoms with van der Waals surface area (Å²) in [4.78, 5) is 4.28. The van der Waals surface area contributed by atoms with Crippen LogP contribution in [0, 0.1) is 18.3 Å². The number of nitrogens with one attached hydrogen (secondary N) is 1. The molecule has 0 bridgehead atoms. The first-order valence-electron chi connectivity index (χ1n) is 6.41. The SMILES string of the molecule is CCNC(c1cc(C)cnc1N)C1CC1(C)C. The van der Waals surface area contributed by atoms with Gasteiger partial charge in [-0.1, -0.05) is 20.8 Å². The Bertz CT molecular complexity index is 412. The van der Waals surface area contributed by atoms with E-state index in [0.717, 1.165) is 6.54 Å². The lowest BCUT2D eigenvalue weighted by molar-refractivity contribution is 0.423. The summed E-state index contributed by atoms with van der Waals surface area (Å²) >= 11 is 0. The second-order valence-corrected chi connectivity index (χ2v) is 5.82. The van der Waals surface area contributed by atoms with Crippen LogP contribution in [0.3, 0.4) is 0 Å². The molecule has 1 aliphatic rings. The van der Waals surface area contributed by atoms with Crippen LogP contribution in [0.4, 0.5) is 5.82 Å². The predicted octanol–water partition coefficient (Wildman–Crippen LogP) is 2.67. The van der Waals surface area contributed by atoms with Crippen LogP contribution in [-0.4, -0.2) is 11.5 Å². The van der Waals surface area contributed by atoms with Crippen LogP contribution >= 0.6 is 0 Å². The molecule has 0 saturated heterocycles. The summed E-state index contributed by atoms with van der Waals surface area (Å²) in [6.07, 6.45) is 3.10. The number of rotatable bonds is 4. The van der Waals surface area contributed by atoms with Crippen LogP contribution in [0.5, 0.6) is 0 Å². The third-order valence-corrected chi connectivity index (χ3v) is 3.84. The number of hydrogen-bond acceptors (Lipinski definition) is 3. The molecule has 1 aliphatic carbocycles. The van der Waals surface area contributed by atoms with E-state index in [0.29, 0.717) is 23.2 Å². The Morgan fingerprint density at radius 1 is 1.59 bits per heavy atom. The second kappa shape index (κ2) is 4.30. The zero-order valence-corrected chi connectivity index (χ0v) is 11.2. The van der Waals surface area contributed by atoms with Crippen LogP contribution in [0.2, 0.25) is 0 Å². The van der Waals surface area contributed by atoms with Gasteiger partial charge in [-0.2, -0.15) is 0 Å². The predicted molar refractivity (Wildman–Crippen MR) is 71.7 cm³/mol. The number of hydrogen-bond donors (Lipinski definition) is 2. The molecule has 0 radical (unpaired) electrons. The van der Waals surface area contributed by atoms with E-state index < -0.39 is 0 Å². The van der Waals surface area contributed by atoms with Gasteiger partial charge in [0.25, 0.3) is 0 Å². The number of nitrogens with two attached hydrogens (primary N) is 1. The van der Waals surface area contributed by atoms with Crippen molar-refractivity contribution in [2.24, 2.45) is 11.3 Å². The molecule has 0 amide bonds. The van der Waals surface area contributed by atoms with Gasteiger partial charge in [-0.25, -0.2) is 4.98 Å². The van der Waals surface area contributed by atoms with E-state index in [1.165, 1.54) is 17.5 Å². The molecule has 0 aromatic carbocycles. The number of anilines is 1. The van der Waals surface area contributed by atoms with Crippen molar-refractivity contribution in [3.05, 3.63) is 23.4 Å². The van der Waals surface area contributed by atoms with Crippen LogP contribution in [-0.2, 0) is 0 Å². The first-order valence-corrected chi connectivity index (χ1v) is 6.41. The Labute approximate surface area is 104 Å². The van der Waals surface area contributed by atoms with Crippen molar-refractivity contribution in [1.82, 2.24) is 10.3 Å². The summed E-state index contributed by atoms with van der Waals surface area (Å²) in [5.74, 6) is 1.34. The van der Waals surface area contributed by atoms with Gasteiger partial charge in [-0.15, -0.1) is 0 Å². The summed E-state index contributed by atoms with van der Waals surface area (Å²) in [5.41, 5.74) is 8.80. The molecule has 94 valence electrons. The molecule has 0 aliphatic heterocycles. The van der Waals surface area contributed by atoms with Crippen molar-refractivity contribution in [3.8, 4) is 0 Å². The van der Waals surface area contributed by atoms with Gasteiger partial charge in [0.15, 0.2) is 0 Å². The maximum Gasteiger partial charge on any atom is 0.128 e. The van der Waals surface area contributed by atoms with Crippen molar-refractivity contribution < 1.29 is 0 Å². The summed E-state index contributed by atoms with van der Waals surface area (Å²) in [6, 6.07) is 2.52. The van der Waals surface area contributed by atoms with Gasteiger partial charge in [0.05, 0.1) is 0 Å². The summed E-state index contributed by atoms with van der Waals surface area (Å²) in [6.45, 7) is 9.81. The largest absolute Gasteiger partial charge is 0.383 e. The van der Waals surface area contributed by atoms with E-state index in [-0.39, 0.29) is 0 Å². The number of nitrogens with zero attached hydrogens (tertiary/aromatic N) is 1. The maximum atomic E-state index is 6.02. The van der Waals surface area contributed by atoms with E-state index in [1.54, 1.807) is 0 Å². The number of aromatic nitrogens is 1. The molecule has 3 N–H and O–H groups in total. The van der Waals surface area contributed by atoms with Crippen molar-refractivity contribution >= 4 is 5.82 Å². The molecule has 1 fully saturated rings. The average molecular weight is 233 g/mol. The van der Waals surface area contributed by atoms with E-state index in [4.69, 9.17) is 5.73 Å². The molecule has 1 saturated carbocycles. The lowest BCUT2D eigenvalue weighted by Gasteiger charge is -2.21. The van der Waals surface area contributed by atoms with Crippen molar-refractivity contribution in [1.29, 1.82) is 0 Å². The fraction of sp³-hybridized carbons (Fsp3) is 0.643. The third-order valence-electron chi connectivity index (χ3n) is 3.84. The van der Waals surface area contributed by atoms with Gasteiger partial charge in [-0.3, -0.25) is 0 Å². The Morgan fingerprint density at radius 3 is 2.76 bits per heavy atom. The average Bonchev–Trinajstić information content (AvgIpc) is 2.88. The molecule has 1 heterocycles. The molecule has 0 spiro atoms. The number of nitrogen functional groups attached to an aromatic ring is 1. The van der Waals surface area contributed by atoms with Crippen LogP contribution in [0.25, 0.3) is 0 Å². The van der Waals surface area contributed by atoms with Gasteiger partial charge in [0.2, 0.25) is 0 Å². The molecule has 3 nitrogen and oxygen atoms in total. The zero-order valence-electron chi connectivity index (χ0n) is 11.2. The van der Waals surface area contributed by atoms with E-state index in [2.05, 4.69) is 44.1 Å². The van der Waals surface area contributed by atoms with E-state index >= 15 is 0 Å². The monoisotopic (exact) mass is 233 g/mol. The summed E-state index contributed by atoms with van der Waals surface area (Å²) in [7, 11) is 0. The maximum absolute atomic E-state index is 6.02. The summed E-state index contributed by atoms with van der Waals surface area (Å²) < 4.78 is 0. The number of pyridine rings is 1. The van der Waals surface area contributed by atoms with E-state index in [9.17, 15) is 0 Å². The standard InChI is InChI=1S/C14H23N3/c1-5-16-12(11-7-14(11,3)4)10-6-9(2)8-17-13(10)15/h6,8,11-12,16H,5,7H2,1-4H3,(H2,15,17). The molecule has 2 atom stereocenters. The van der Waals surface area contributed by atoms with Crippen molar-refractivity contribution in [3.63, 3.8) is 0 Å². The van der Waals surface area contributed by atoms with Gasteiger partial charge < -0.3 is 11.1 Å². The molecule has 1 aromatic rings. The van der Waals surface area contributed by atoms with Crippen LogP contribution < -0.4 is 11.1 Å². The van der Waals surface area contributed by atoms with Crippen LogP contribution in [0.1, 0.15) is 44.4 Å². The smallest absolute Gasteiger partial charge is 0.128 e. The Hall–Kier alpha value is -1.09. The molecule has 3 heteroatoms. The lowest BCUT2D eigenvalue weighted by Crippen LogP contribution is -2.25. The highest BCUT2D eigenvalue weighted by Gasteiger charge is 2.50. The quantitative estimate of drug-likeness (QED) is 0.840. The van der Waals surface area contributed by atoms with E-state index in [1.807, 2.05) is 6.20 Å². The number of aryl methyl sites for hydroxylation is 1. The van der Waals surface area contributed by atoms with Gasteiger partial charge >= 0.3 is 0 Å². The minimum absolute atomic E-state index is 0.349. The first kappa shape index (κ1) is 12.4. The third kappa shape index (κ3) is 2.44. The summed E-state index contributed by atoms with van der Waals surface area (Å²) in [5, 5.41) is 3.56. The molecule has 17 heavy (non-hydrogen) atoms.